The number of amides is 1. The van der Waals surface area contributed by atoms with Crippen molar-refractivity contribution in [2.45, 2.75) is 6.61 Å². The van der Waals surface area contributed by atoms with Gasteiger partial charge in [-0.3, -0.25) is 4.79 Å². The molecule has 0 heterocycles. The second-order valence-electron chi connectivity index (χ2n) is 4.06. The minimum atomic E-state index is -0.670. The fourth-order valence-corrected chi connectivity index (χ4v) is 1.56. The molecular weight excluding hydrogens is 257 g/mol. The van der Waals surface area contributed by atoms with Crippen LogP contribution < -0.4 is 10.5 Å². The standard InChI is InChI=1S/C16H12FNO2/c17-14-3-1-2-13(10-14)11-20-15-7-4-12(5-8-15)6-9-16(18)19/h1-5,7-8,10H,11H2,(H2,18,19). The van der Waals surface area contributed by atoms with E-state index >= 15 is 0 Å². The van der Waals surface area contributed by atoms with Gasteiger partial charge in [0.05, 0.1) is 0 Å². The van der Waals surface area contributed by atoms with Gasteiger partial charge in [-0.15, -0.1) is 0 Å². The molecule has 0 aliphatic rings. The molecule has 0 fully saturated rings. The minimum Gasteiger partial charge on any atom is -0.489 e. The van der Waals surface area contributed by atoms with Gasteiger partial charge in [-0.2, -0.15) is 0 Å². The fourth-order valence-electron chi connectivity index (χ4n) is 1.56. The van der Waals surface area contributed by atoms with Crippen LogP contribution in [0.3, 0.4) is 0 Å². The van der Waals surface area contributed by atoms with Crippen LogP contribution in [0, 0.1) is 17.7 Å². The van der Waals surface area contributed by atoms with E-state index in [0.717, 1.165) is 5.56 Å². The highest BCUT2D eigenvalue weighted by atomic mass is 19.1. The summed E-state index contributed by atoms with van der Waals surface area (Å²) in [7, 11) is 0. The number of hydrogen-bond donors (Lipinski definition) is 1. The molecule has 0 spiro atoms. The molecule has 0 aromatic heterocycles. The maximum absolute atomic E-state index is 13.0. The maximum atomic E-state index is 13.0. The SMILES string of the molecule is NC(=O)C#Cc1ccc(OCc2cccc(F)c2)cc1. The second-order valence-corrected chi connectivity index (χ2v) is 4.06. The first-order chi connectivity index (χ1) is 9.63. The quantitative estimate of drug-likeness (QED) is 0.869. The number of carbonyl (C=O) groups is 1. The zero-order valence-corrected chi connectivity index (χ0v) is 10.6. The molecule has 2 aromatic rings. The molecule has 0 unspecified atom stereocenters. The summed E-state index contributed by atoms with van der Waals surface area (Å²) >= 11 is 0. The van der Waals surface area contributed by atoms with Crippen LogP contribution in [0.15, 0.2) is 48.5 Å². The monoisotopic (exact) mass is 269 g/mol. The number of benzene rings is 2. The van der Waals surface area contributed by atoms with Crippen LogP contribution in [0.4, 0.5) is 4.39 Å². The van der Waals surface area contributed by atoms with Crippen molar-refractivity contribution in [1.82, 2.24) is 0 Å². The van der Waals surface area contributed by atoms with Gasteiger partial charge in [0, 0.05) is 5.56 Å². The highest BCUT2D eigenvalue weighted by Gasteiger charge is 1.98. The Morgan fingerprint density at radius 2 is 1.95 bits per heavy atom. The number of halogens is 1. The molecule has 0 aliphatic carbocycles. The minimum absolute atomic E-state index is 0.282. The van der Waals surface area contributed by atoms with Gasteiger partial charge in [0.15, 0.2) is 0 Å². The van der Waals surface area contributed by atoms with E-state index in [0.29, 0.717) is 11.3 Å². The summed E-state index contributed by atoms with van der Waals surface area (Å²) in [4.78, 5) is 10.5. The Labute approximate surface area is 116 Å². The van der Waals surface area contributed by atoms with Gasteiger partial charge in [0.25, 0.3) is 5.91 Å². The summed E-state index contributed by atoms with van der Waals surface area (Å²) < 4.78 is 18.5. The molecule has 20 heavy (non-hydrogen) atoms. The van der Waals surface area contributed by atoms with Gasteiger partial charge in [-0.1, -0.05) is 18.1 Å². The van der Waals surface area contributed by atoms with Crippen molar-refractivity contribution in [2.75, 3.05) is 0 Å². The molecule has 3 nitrogen and oxygen atoms in total. The largest absolute Gasteiger partial charge is 0.489 e. The van der Waals surface area contributed by atoms with Crippen LogP contribution in [0.1, 0.15) is 11.1 Å². The molecule has 0 saturated carbocycles. The van der Waals surface area contributed by atoms with Gasteiger partial charge < -0.3 is 10.5 Å². The average molecular weight is 269 g/mol. The number of rotatable bonds is 3. The third-order valence-corrected chi connectivity index (χ3v) is 2.48. The fraction of sp³-hybridized carbons (Fsp3) is 0.0625. The Kier molecular flexibility index (Phi) is 4.35. The number of ether oxygens (including phenoxy) is 1. The van der Waals surface area contributed by atoms with Gasteiger partial charge in [-0.05, 0) is 47.9 Å². The van der Waals surface area contributed by atoms with Crippen LogP contribution in [-0.2, 0) is 11.4 Å². The smallest absolute Gasteiger partial charge is 0.293 e. The van der Waals surface area contributed by atoms with E-state index in [1.165, 1.54) is 12.1 Å². The summed E-state index contributed by atoms with van der Waals surface area (Å²) in [6, 6.07) is 13.1. The van der Waals surface area contributed by atoms with Crippen molar-refractivity contribution in [2.24, 2.45) is 5.73 Å². The molecule has 0 radical (unpaired) electrons. The first kappa shape index (κ1) is 13.6. The van der Waals surface area contributed by atoms with Gasteiger partial charge >= 0.3 is 0 Å². The molecular formula is C16H12FNO2. The highest BCUT2D eigenvalue weighted by Crippen LogP contribution is 2.14. The Hall–Kier alpha value is -2.80. The molecule has 0 saturated heterocycles. The van der Waals surface area contributed by atoms with Crippen molar-refractivity contribution in [3.63, 3.8) is 0 Å². The Morgan fingerprint density at radius 1 is 1.20 bits per heavy atom. The Balaban J connectivity index is 1.98. The summed E-state index contributed by atoms with van der Waals surface area (Å²) in [6.07, 6.45) is 0. The van der Waals surface area contributed by atoms with Crippen molar-refractivity contribution < 1.29 is 13.9 Å². The third kappa shape index (κ3) is 4.14. The number of primary amides is 1. The van der Waals surface area contributed by atoms with Crippen LogP contribution in [0.25, 0.3) is 0 Å². The number of carbonyl (C=O) groups excluding carboxylic acids is 1. The molecule has 4 heteroatoms. The van der Waals surface area contributed by atoms with Gasteiger partial charge in [0.1, 0.15) is 18.2 Å². The lowest BCUT2D eigenvalue weighted by Crippen LogP contribution is -2.06. The summed E-state index contributed by atoms with van der Waals surface area (Å²) in [5.74, 6) is 4.55. The van der Waals surface area contributed by atoms with Crippen molar-refractivity contribution in [3.8, 4) is 17.6 Å². The van der Waals surface area contributed by atoms with Crippen molar-refractivity contribution >= 4 is 5.91 Å². The van der Waals surface area contributed by atoms with Crippen LogP contribution >= 0.6 is 0 Å². The van der Waals surface area contributed by atoms with E-state index in [9.17, 15) is 9.18 Å². The first-order valence-corrected chi connectivity index (χ1v) is 5.92. The lowest BCUT2D eigenvalue weighted by Gasteiger charge is -2.06. The van der Waals surface area contributed by atoms with E-state index in [4.69, 9.17) is 10.5 Å². The zero-order valence-electron chi connectivity index (χ0n) is 10.6. The molecule has 1 amide bonds. The number of hydrogen-bond acceptors (Lipinski definition) is 2. The molecule has 2 N–H and O–H groups in total. The van der Waals surface area contributed by atoms with Crippen molar-refractivity contribution in [1.29, 1.82) is 0 Å². The lowest BCUT2D eigenvalue weighted by molar-refractivity contribution is -0.112. The van der Waals surface area contributed by atoms with Gasteiger partial charge in [0.2, 0.25) is 0 Å². The molecule has 2 rings (SSSR count). The van der Waals surface area contributed by atoms with Crippen LogP contribution in [0.5, 0.6) is 5.75 Å². The lowest BCUT2D eigenvalue weighted by atomic mass is 10.2. The van der Waals surface area contributed by atoms with Crippen LogP contribution in [0.2, 0.25) is 0 Å². The van der Waals surface area contributed by atoms with E-state index in [2.05, 4.69) is 11.8 Å². The molecule has 0 atom stereocenters. The summed E-state index contributed by atoms with van der Waals surface area (Å²) in [5, 5.41) is 0. The summed E-state index contributed by atoms with van der Waals surface area (Å²) in [5.41, 5.74) is 6.35. The normalized spacial score (nSPS) is 9.45. The third-order valence-electron chi connectivity index (χ3n) is 2.48. The van der Waals surface area contributed by atoms with E-state index in [1.54, 1.807) is 36.4 Å². The summed E-state index contributed by atoms with van der Waals surface area (Å²) in [6.45, 7) is 0.282. The Morgan fingerprint density at radius 3 is 2.60 bits per heavy atom. The van der Waals surface area contributed by atoms with Gasteiger partial charge in [-0.25, -0.2) is 4.39 Å². The highest BCUT2D eigenvalue weighted by molar-refractivity contribution is 5.92. The molecule has 100 valence electrons. The Bertz CT molecular complexity index is 669. The van der Waals surface area contributed by atoms with E-state index in [-0.39, 0.29) is 12.4 Å². The second kappa shape index (κ2) is 6.39. The van der Waals surface area contributed by atoms with Crippen LogP contribution in [-0.4, -0.2) is 5.91 Å². The predicted molar refractivity (Wildman–Crippen MR) is 73.2 cm³/mol. The first-order valence-electron chi connectivity index (χ1n) is 5.92. The predicted octanol–water partition coefficient (Wildman–Crippen LogP) is 2.24. The van der Waals surface area contributed by atoms with Crippen molar-refractivity contribution in [3.05, 3.63) is 65.5 Å². The average Bonchev–Trinajstić information content (AvgIpc) is 2.44. The zero-order chi connectivity index (χ0) is 14.4. The maximum Gasteiger partial charge on any atom is 0.293 e. The van der Waals surface area contributed by atoms with E-state index in [1.807, 2.05) is 0 Å². The topological polar surface area (TPSA) is 52.3 Å². The van der Waals surface area contributed by atoms with E-state index < -0.39 is 5.91 Å². The molecule has 2 aromatic carbocycles. The number of nitrogens with two attached hydrogens (primary N) is 1. The molecule has 0 bridgehead atoms. The molecule has 0 aliphatic heterocycles.